The normalized spacial score (nSPS) is 13.9. The smallest absolute Gasteiger partial charge is 0.0797 e. The quantitative estimate of drug-likeness (QED) is 0.850. The summed E-state index contributed by atoms with van der Waals surface area (Å²) in [6.45, 7) is 12.3. The molecule has 0 saturated carbocycles. The number of rotatable bonds is 6. The molecule has 17 heavy (non-hydrogen) atoms. The molecule has 0 aromatic carbocycles. The molecule has 1 aromatic heterocycles. The molecule has 4 heteroatoms. The number of thiazole rings is 1. The average molecular weight is 256 g/mol. The maximum Gasteiger partial charge on any atom is 0.0797 e. The molecule has 0 spiro atoms. The average Bonchev–Trinajstić information content (AvgIpc) is 2.61. The first-order valence-corrected chi connectivity index (χ1v) is 7.02. The molecular formula is C13H24N2OS. The van der Waals surface area contributed by atoms with Crippen LogP contribution < -0.4 is 5.32 Å². The Hall–Kier alpha value is -0.450. The number of aryl methyl sites for hydroxylation is 1. The van der Waals surface area contributed by atoms with E-state index in [9.17, 15) is 0 Å². The molecule has 0 aliphatic heterocycles. The third-order valence-corrected chi connectivity index (χ3v) is 3.49. The number of nitrogens with zero attached hydrogens (tertiary/aromatic N) is 1. The molecule has 3 nitrogen and oxygen atoms in total. The second-order valence-corrected chi connectivity index (χ2v) is 6.36. The van der Waals surface area contributed by atoms with E-state index in [1.165, 1.54) is 4.88 Å². The summed E-state index contributed by atoms with van der Waals surface area (Å²) in [4.78, 5) is 5.57. The van der Waals surface area contributed by atoms with Gasteiger partial charge in [-0.2, -0.15) is 0 Å². The van der Waals surface area contributed by atoms with Crippen LogP contribution in [0.3, 0.4) is 0 Å². The fourth-order valence-electron chi connectivity index (χ4n) is 1.43. The van der Waals surface area contributed by atoms with Crippen molar-refractivity contribution in [3.8, 4) is 0 Å². The van der Waals surface area contributed by atoms with E-state index in [1.54, 1.807) is 11.3 Å². The van der Waals surface area contributed by atoms with E-state index < -0.39 is 0 Å². The molecule has 1 rings (SSSR count). The summed E-state index contributed by atoms with van der Waals surface area (Å²) in [5.41, 5.74) is 3.19. The van der Waals surface area contributed by atoms with Gasteiger partial charge in [0, 0.05) is 23.4 Å². The minimum absolute atomic E-state index is 0.159. The largest absolute Gasteiger partial charge is 0.377 e. The molecular weight excluding hydrogens is 232 g/mol. The molecule has 1 aromatic rings. The Morgan fingerprint density at radius 3 is 2.71 bits per heavy atom. The van der Waals surface area contributed by atoms with Gasteiger partial charge in [-0.1, -0.05) is 0 Å². The first kappa shape index (κ1) is 14.6. The lowest BCUT2D eigenvalue weighted by Gasteiger charge is -2.23. The second kappa shape index (κ2) is 6.47. The van der Waals surface area contributed by atoms with Crippen molar-refractivity contribution in [2.75, 3.05) is 13.2 Å². The third kappa shape index (κ3) is 6.15. The van der Waals surface area contributed by atoms with Gasteiger partial charge in [0.15, 0.2) is 0 Å². The van der Waals surface area contributed by atoms with Gasteiger partial charge in [-0.15, -0.1) is 11.3 Å². The molecule has 1 N–H and O–H groups in total. The van der Waals surface area contributed by atoms with E-state index in [-0.39, 0.29) is 11.6 Å². The van der Waals surface area contributed by atoms with Crippen molar-refractivity contribution in [3.63, 3.8) is 0 Å². The van der Waals surface area contributed by atoms with Crippen LogP contribution in [0.15, 0.2) is 5.51 Å². The monoisotopic (exact) mass is 256 g/mol. The Morgan fingerprint density at radius 2 is 2.18 bits per heavy atom. The molecule has 98 valence electrons. The van der Waals surface area contributed by atoms with E-state index in [2.05, 4.69) is 44.9 Å². The number of ether oxygens (including phenoxy) is 1. The summed E-state index contributed by atoms with van der Waals surface area (Å²) in [5.74, 6) is 0. The van der Waals surface area contributed by atoms with Crippen molar-refractivity contribution < 1.29 is 4.74 Å². The molecule has 0 radical (unpaired) electrons. The van der Waals surface area contributed by atoms with Gasteiger partial charge in [0.05, 0.1) is 23.9 Å². The summed E-state index contributed by atoms with van der Waals surface area (Å²) in [7, 11) is 0. The number of nitrogens with one attached hydrogen (secondary N) is 1. The van der Waals surface area contributed by atoms with Crippen LogP contribution in [0, 0.1) is 6.92 Å². The first-order valence-electron chi connectivity index (χ1n) is 6.14. The van der Waals surface area contributed by atoms with Crippen LogP contribution in [0.2, 0.25) is 0 Å². The highest BCUT2D eigenvalue weighted by molar-refractivity contribution is 7.09. The summed E-state index contributed by atoms with van der Waals surface area (Å²) in [5, 5.41) is 3.44. The number of hydrogen-bond donors (Lipinski definition) is 1. The van der Waals surface area contributed by atoms with Crippen LogP contribution in [0.4, 0.5) is 0 Å². The van der Waals surface area contributed by atoms with Crippen molar-refractivity contribution in [3.05, 3.63) is 16.1 Å². The molecule has 0 bridgehead atoms. The van der Waals surface area contributed by atoms with Crippen LogP contribution in [0.25, 0.3) is 0 Å². The highest BCUT2D eigenvalue weighted by Crippen LogP contribution is 2.12. The predicted octanol–water partition coefficient (Wildman–Crippen LogP) is 2.79. The van der Waals surface area contributed by atoms with Gasteiger partial charge < -0.3 is 10.1 Å². The summed E-state index contributed by atoms with van der Waals surface area (Å²) >= 11 is 1.71. The predicted molar refractivity (Wildman–Crippen MR) is 73.7 cm³/mol. The zero-order valence-electron chi connectivity index (χ0n) is 11.5. The van der Waals surface area contributed by atoms with Crippen molar-refractivity contribution in [2.24, 2.45) is 0 Å². The molecule has 0 amide bonds. The topological polar surface area (TPSA) is 34.1 Å². The molecule has 0 aliphatic rings. The van der Waals surface area contributed by atoms with Crippen molar-refractivity contribution >= 4 is 11.3 Å². The fraction of sp³-hybridized carbons (Fsp3) is 0.769. The lowest BCUT2D eigenvalue weighted by molar-refractivity contribution is 0.0640. The van der Waals surface area contributed by atoms with E-state index in [0.717, 1.165) is 25.3 Å². The van der Waals surface area contributed by atoms with E-state index in [4.69, 9.17) is 4.74 Å². The van der Waals surface area contributed by atoms with Gasteiger partial charge in [-0.05, 0) is 34.6 Å². The molecule has 1 atom stereocenters. The lowest BCUT2D eigenvalue weighted by atomic mass is 10.1. The lowest BCUT2D eigenvalue weighted by Crippen LogP contribution is -2.40. The van der Waals surface area contributed by atoms with Crippen LogP contribution in [0.1, 0.15) is 38.3 Å². The zero-order valence-corrected chi connectivity index (χ0v) is 12.4. The van der Waals surface area contributed by atoms with E-state index in [1.807, 2.05) is 5.51 Å². The maximum atomic E-state index is 5.78. The fourth-order valence-corrected chi connectivity index (χ4v) is 2.19. The van der Waals surface area contributed by atoms with Gasteiger partial charge in [-0.25, -0.2) is 4.98 Å². The van der Waals surface area contributed by atoms with Gasteiger partial charge >= 0.3 is 0 Å². The summed E-state index contributed by atoms with van der Waals surface area (Å²) in [6, 6.07) is 0. The van der Waals surface area contributed by atoms with Crippen molar-refractivity contribution in [2.45, 2.75) is 52.7 Å². The van der Waals surface area contributed by atoms with Crippen molar-refractivity contribution in [1.29, 1.82) is 0 Å². The molecule has 0 fully saturated rings. The van der Waals surface area contributed by atoms with Crippen LogP contribution in [-0.2, 0) is 11.2 Å². The SMILES string of the molecule is Cc1ncsc1CCOC(C)CNC(C)(C)C. The minimum Gasteiger partial charge on any atom is -0.377 e. The van der Waals surface area contributed by atoms with Crippen LogP contribution in [-0.4, -0.2) is 29.8 Å². The zero-order chi connectivity index (χ0) is 12.9. The first-order chi connectivity index (χ1) is 7.88. The minimum atomic E-state index is 0.159. The van der Waals surface area contributed by atoms with Gasteiger partial charge in [0.2, 0.25) is 0 Å². The maximum absolute atomic E-state index is 5.78. The van der Waals surface area contributed by atoms with E-state index >= 15 is 0 Å². The van der Waals surface area contributed by atoms with Crippen molar-refractivity contribution in [1.82, 2.24) is 10.3 Å². The Kier molecular flexibility index (Phi) is 5.56. The number of hydrogen-bond acceptors (Lipinski definition) is 4. The number of aromatic nitrogens is 1. The second-order valence-electron chi connectivity index (χ2n) is 5.42. The summed E-state index contributed by atoms with van der Waals surface area (Å²) in [6.07, 6.45) is 1.22. The summed E-state index contributed by atoms with van der Waals surface area (Å²) < 4.78 is 5.78. The molecule has 0 aliphatic carbocycles. The molecule has 0 saturated heterocycles. The Balaban J connectivity index is 2.16. The highest BCUT2D eigenvalue weighted by Gasteiger charge is 2.11. The third-order valence-electron chi connectivity index (χ3n) is 2.50. The van der Waals surface area contributed by atoms with Gasteiger partial charge in [0.1, 0.15) is 0 Å². The standard InChI is InChI=1S/C13H24N2OS/c1-10(8-15-13(3,4)5)16-7-6-12-11(2)14-9-17-12/h9-10,15H,6-8H2,1-5H3. The van der Waals surface area contributed by atoms with Gasteiger partial charge in [-0.3, -0.25) is 0 Å². The molecule has 1 heterocycles. The Morgan fingerprint density at radius 1 is 1.47 bits per heavy atom. The Labute approximate surface area is 109 Å². The Bertz CT molecular complexity index is 330. The van der Waals surface area contributed by atoms with E-state index in [0.29, 0.717) is 0 Å². The van der Waals surface area contributed by atoms with Crippen LogP contribution >= 0.6 is 11.3 Å². The van der Waals surface area contributed by atoms with Crippen LogP contribution in [0.5, 0.6) is 0 Å². The highest BCUT2D eigenvalue weighted by atomic mass is 32.1. The van der Waals surface area contributed by atoms with Gasteiger partial charge in [0.25, 0.3) is 0 Å². The molecule has 1 unspecified atom stereocenters.